The molecule has 1 N–H and O–H groups in total. The third-order valence-electron chi connectivity index (χ3n) is 5.69. The molecule has 0 aliphatic rings. The summed E-state index contributed by atoms with van der Waals surface area (Å²) in [5, 5.41) is 16.1. The molecule has 0 bridgehead atoms. The Hall–Kier alpha value is -3.57. The van der Waals surface area contributed by atoms with Crippen LogP contribution in [0.5, 0.6) is 0 Å². The number of nitrogens with one attached hydrogen (secondary N) is 1. The van der Waals surface area contributed by atoms with Crippen LogP contribution < -0.4 is 5.32 Å². The molecule has 0 aliphatic carbocycles. The summed E-state index contributed by atoms with van der Waals surface area (Å²) in [6.07, 6.45) is 1.93. The van der Waals surface area contributed by atoms with Gasteiger partial charge in [0.05, 0.1) is 23.8 Å². The number of para-hydroxylation sites is 1. The molecule has 0 saturated carbocycles. The minimum atomic E-state index is -0.531. The molecule has 2 aromatic carbocycles. The average Bonchev–Trinajstić information content (AvgIpc) is 3.50. The maximum absolute atomic E-state index is 13.3. The Labute approximate surface area is 230 Å². The number of hydrogen-bond donors (Lipinski definition) is 1. The Morgan fingerprint density at radius 3 is 2.47 bits per heavy atom. The van der Waals surface area contributed by atoms with Gasteiger partial charge in [-0.25, -0.2) is 4.79 Å². The lowest BCUT2D eigenvalue weighted by atomic mass is 10.2. The van der Waals surface area contributed by atoms with Crippen LogP contribution in [-0.4, -0.2) is 48.3 Å². The molecule has 0 fully saturated rings. The van der Waals surface area contributed by atoms with Crippen molar-refractivity contribution in [2.45, 2.75) is 48.2 Å². The number of amides is 1. The molecular weight excluding hydrogens is 520 g/mol. The molecule has 2 heterocycles. The number of hydrogen-bond acceptors (Lipinski definition) is 8. The summed E-state index contributed by atoms with van der Waals surface area (Å²) >= 11 is 3.02. The number of ether oxygens (including phenoxy) is 1. The van der Waals surface area contributed by atoms with E-state index in [9.17, 15) is 9.59 Å². The van der Waals surface area contributed by atoms with E-state index in [1.807, 2.05) is 41.8 Å². The largest absolute Gasteiger partial charge is 0.462 e. The van der Waals surface area contributed by atoms with E-state index in [2.05, 4.69) is 51.8 Å². The maximum atomic E-state index is 13.3. The molecule has 2 aromatic heterocycles. The molecule has 38 heavy (non-hydrogen) atoms. The number of esters is 1. The molecule has 0 saturated heterocycles. The summed E-state index contributed by atoms with van der Waals surface area (Å²) in [6, 6.07) is 18.2. The van der Waals surface area contributed by atoms with Crippen LogP contribution in [0, 0.1) is 6.92 Å². The van der Waals surface area contributed by atoms with Gasteiger partial charge in [0, 0.05) is 17.6 Å². The first kappa shape index (κ1) is 27.5. The minimum Gasteiger partial charge on any atom is -0.462 e. The standard InChI is InChI=1S/C27H30N6O3S2/c1-5-22(25(34)29-24-21(16-28-32(24)4)26(35)36-6-2)38-27-31-30-23(33(27)19-10-8-7-9-11-19)17-37-20-14-12-18(3)13-15-20/h7-16,22H,5-6,17H2,1-4H3,(H,29,34). The van der Waals surface area contributed by atoms with Gasteiger partial charge in [-0.15, -0.1) is 22.0 Å². The second-order valence-electron chi connectivity index (χ2n) is 8.43. The van der Waals surface area contributed by atoms with Crippen LogP contribution in [0.15, 0.2) is 70.8 Å². The molecule has 1 amide bonds. The smallest absolute Gasteiger partial charge is 0.343 e. The summed E-state index contributed by atoms with van der Waals surface area (Å²) in [4.78, 5) is 26.8. The molecule has 4 rings (SSSR count). The summed E-state index contributed by atoms with van der Waals surface area (Å²) in [7, 11) is 1.66. The Morgan fingerprint density at radius 1 is 1.05 bits per heavy atom. The van der Waals surface area contributed by atoms with Gasteiger partial charge in [0.1, 0.15) is 17.2 Å². The quantitative estimate of drug-likeness (QED) is 0.199. The highest BCUT2D eigenvalue weighted by Crippen LogP contribution is 2.31. The Kier molecular flexibility index (Phi) is 9.24. The third-order valence-corrected chi connectivity index (χ3v) is 8.01. The number of aromatic nitrogens is 5. The van der Waals surface area contributed by atoms with E-state index in [4.69, 9.17) is 4.74 Å². The van der Waals surface area contributed by atoms with Crippen molar-refractivity contribution in [3.63, 3.8) is 0 Å². The number of rotatable bonds is 11. The van der Waals surface area contributed by atoms with Crippen molar-refractivity contribution in [2.75, 3.05) is 11.9 Å². The van der Waals surface area contributed by atoms with Crippen LogP contribution in [0.25, 0.3) is 5.69 Å². The molecule has 0 radical (unpaired) electrons. The van der Waals surface area contributed by atoms with Gasteiger partial charge in [-0.3, -0.25) is 14.0 Å². The van der Waals surface area contributed by atoms with E-state index in [1.54, 1.807) is 25.7 Å². The van der Waals surface area contributed by atoms with Gasteiger partial charge in [-0.1, -0.05) is 54.6 Å². The third kappa shape index (κ3) is 6.46. The van der Waals surface area contributed by atoms with Crippen molar-refractivity contribution in [3.8, 4) is 5.69 Å². The first-order valence-electron chi connectivity index (χ1n) is 12.3. The fraction of sp³-hybridized carbons (Fsp3) is 0.296. The van der Waals surface area contributed by atoms with Crippen LogP contribution in [0.2, 0.25) is 0 Å². The van der Waals surface area contributed by atoms with E-state index >= 15 is 0 Å². The number of aryl methyl sites for hydroxylation is 2. The molecule has 198 valence electrons. The fourth-order valence-corrected chi connectivity index (χ4v) is 5.48. The zero-order chi connectivity index (χ0) is 27.1. The van der Waals surface area contributed by atoms with Crippen molar-refractivity contribution in [1.82, 2.24) is 24.5 Å². The monoisotopic (exact) mass is 550 g/mol. The number of carbonyl (C=O) groups is 2. The first-order chi connectivity index (χ1) is 18.4. The lowest BCUT2D eigenvalue weighted by Crippen LogP contribution is -2.27. The number of anilines is 1. The van der Waals surface area contributed by atoms with Gasteiger partial charge in [0.15, 0.2) is 5.16 Å². The maximum Gasteiger partial charge on any atom is 0.343 e. The molecule has 4 aromatic rings. The average molecular weight is 551 g/mol. The molecular formula is C27H30N6O3S2. The Bertz CT molecular complexity index is 1390. The Balaban J connectivity index is 1.56. The van der Waals surface area contributed by atoms with Gasteiger partial charge >= 0.3 is 5.97 Å². The van der Waals surface area contributed by atoms with Crippen LogP contribution >= 0.6 is 23.5 Å². The van der Waals surface area contributed by atoms with Crippen molar-refractivity contribution in [3.05, 3.63) is 77.7 Å². The Morgan fingerprint density at radius 2 is 1.79 bits per heavy atom. The molecule has 9 nitrogen and oxygen atoms in total. The number of carbonyl (C=O) groups excluding carboxylic acids is 2. The first-order valence-corrected chi connectivity index (χ1v) is 14.1. The predicted molar refractivity (Wildman–Crippen MR) is 150 cm³/mol. The van der Waals surface area contributed by atoms with Gasteiger partial charge in [0.25, 0.3) is 0 Å². The van der Waals surface area contributed by atoms with Crippen LogP contribution in [0.3, 0.4) is 0 Å². The fourth-order valence-electron chi connectivity index (χ4n) is 3.68. The number of thioether (sulfide) groups is 2. The van der Waals surface area contributed by atoms with E-state index < -0.39 is 11.2 Å². The van der Waals surface area contributed by atoms with E-state index in [1.165, 1.54) is 28.2 Å². The molecule has 0 spiro atoms. The normalized spacial score (nSPS) is 11.8. The van der Waals surface area contributed by atoms with Crippen molar-refractivity contribution in [2.24, 2.45) is 7.05 Å². The van der Waals surface area contributed by atoms with Crippen molar-refractivity contribution >= 4 is 41.2 Å². The van der Waals surface area contributed by atoms with Crippen LogP contribution in [0.4, 0.5) is 5.82 Å². The second kappa shape index (κ2) is 12.8. The van der Waals surface area contributed by atoms with E-state index in [0.717, 1.165) is 16.4 Å². The van der Waals surface area contributed by atoms with Gasteiger partial charge < -0.3 is 10.1 Å². The van der Waals surface area contributed by atoms with Crippen molar-refractivity contribution < 1.29 is 14.3 Å². The van der Waals surface area contributed by atoms with Gasteiger partial charge in [-0.05, 0) is 44.5 Å². The second-order valence-corrected chi connectivity index (χ2v) is 10.6. The molecule has 0 aliphatic heterocycles. The SMILES string of the molecule is CCOC(=O)c1cnn(C)c1NC(=O)C(CC)Sc1nnc(CSc2ccc(C)cc2)n1-c1ccccc1. The summed E-state index contributed by atoms with van der Waals surface area (Å²) < 4.78 is 8.55. The highest BCUT2D eigenvalue weighted by atomic mass is 32.2. The van der Waals surface area contributed by atoms with Crippen molar-refractivity contribution in [1.29, 1.82) is 0 Å². The molecule has 11 heteroatoms. The lowest BCUT2D eigenvalue weighted by molar-refractivity contribution is -0.115. The number of nitrogens with zero attached hydrogens (tertiary/aromatic N) is 5. The zero-order valence-electron chi connectivity index (χ0n) is 21.7. The highest BCUT2D eigenvalue weighted by molar-refractivity contribution is 8.00. The molecule has 1 unspecified atom stereocenters. The highest BCUT2D eigenvalue weighted by Gasteiger charge is 2.26. The molecule has 1 atom stereocenters. The lowest BCUT2D eigenvalue weighted by Gasteiger charge is -2.16. The summed E-state index contributed by atoms with van der Waals surface area (Å²) in [5.41, 5.74) is 2.35. The van der Waals surface area contributed by atoms with Gasteiger partial charge in [0.2, 0.25) is 5.91 Å². The van der Waals surface area contributed by atoms with E-state index in [0.29, 0.717) is 23.1 Å². The van der Waals surface area contributed by atoms with E-state index in [-0.39, 0.29) is 18.1 Å². The summed E-state index contributed by atoms with van der Waals surface area (Å²) in [5.74, 6) is 0.913. The predicted octanol–water partition coefficient (Wildman–Crippen LogP) is 5.29. The minimum absolute atomic E-state index is 0.213. The topological polar surface area (TPSA) is 104 Å². The van der Waals surface area contributed by atoms with Gasteiger partial charge in [-0.2, -0.15) is 5.10 Å². The van der Waals surface area contributed by atoms with Crippen LogP contribution in [-0.2, 0) is 22.3 Å². The summed E-state index contributed by atoms with van der Waals surface area (Å²) in [6.45, 7) is 5.96. The zero-order valence-corrected chi connectivity index (χ0v) is 23.4. The van der Waals surface area contributed by atoms with Crippen LogP contribution in [0.1, 0.15) is 42.0 Å². The number of benzene rings is 2.